The number of aromatic nitrogens is 1. The fraction of sp³-hybridized carbons (Fsp3) is 0. The zero-order valence-electron chi connectivity index (χ0n) is 33.0. The van der Waals surface area contributed by atoms with Crippen molar-refractivity contribution in [3.63, 3.8) is 0 Å². The van der Waals surface area contributed by atoms with Crippen LogP contribution in [0.2, 0.25) is 0 Å². The highest BCUT2D eigenvalue weighted by Crippen LogP contribution is 2.43. The first kappa shape index (κ1) is 35.2. The van der Waals surface area contributed by atoms with Crippen molar-refractivity contribution in [2.75, 3.05) is 4.90 Å². The maximum Gasteiger partial charge on any atom is 0.0541 e. The molecule has 0 amide bonds. The van der Waals surface area contributed by atoms with Crippen LogP contribution in [-0.2, 0) is 0 Å². The summed E-state index contributed by atoms with van der Waals surface area (Å²) in [6, 6.07) is 87.9. The van der Waals surface area contributed by atoms with Crippen LogP contribution in [0.3, 0.4) is 0 Å². The van der Waals surface area contributed by atoms with Crippen molar-refractivity contribution < 1.29 is 0 Å². The van der Waals surface area contributed by atoms with Gasteiger partial charge in [-0.2, -0.15) is 0 Å². The van der Waals surface area contributed by atoms with Gasteiger partial charge in [0.2, 0.25) is 0 Å². The Morgan fingerprint density at radius 2 is 0.783 bits per heavy atom. The predicted octanol–water partition coefficient (Wildman–Crippen LogP) is 16.1. The van der Waals surface area contributed by atoms with Gasteiger partial charge in [-0.1, -0.05) is 188 Å². The van der Waals surface area contributed by atoms with Gasteiger partial charge >= 0.3 is 0 Å². The van der Waals surface area contributed by atoms with E-state index in [9.17, 15) is 0 Å². The van der Waals surface area contributed by atoms with E-state index >= 15 is 0 Å². The van der Waals surface area contributed by atoms with Crippen molar-refractivity contribution in [1.29, 1.82) is 0 Å². The minimum atomic E-state index is 1.08. The van der Waals surface area contributed by atoms with Gasteiger partial charge in [-0.25, -0.2) is 0 Å². The van der Waals surface area contributed by atoms with Crippen LogP contribution in [0.5, 0.6) is 0 Å². The van der Waals surface area contributed by atoms with Gasteiger partial charge in [0.1, 0.15) is 0 Å². The summed E-state index contributed by atoms with van der Waals surface area (Å²) in [5, 5.41) is 5.02. The fourth-order valence-electron chi connectivity index (χ4n) is 8.93. The van der Waals surface area contributed by atoms with Gasteiger partial charge in [-0.15, -0.1) is 0 Å². The molecule has 0 aliphatic rings. The highest BCUT2D eigenvalue weighted by atomic mass is 15.1. The van der Waals surface area contributed by atoms with E-state index in [2.05, 4.69) is 252 Å². The van der Waals surface area contributed by atoms with Crippen LogP contribution in [0.1, 0.15) is 0 Å². The van der Waals surface area contributed by atoms with Gasteiger partial charge in [-0.3, -0.25) is 0 Å². The summed E-state index contributed by atoms with van der Waals surface area (Å²) >= 11 is 0. The third-order valence-corrected chi connectivity index (χ3v) is 11.8. The Kier molecular flexibility index (Phi) is 8.87. The molecule has 0 spiro atoms. The molecule has 0 aliphatic carbocycles. The molecule has 0 unspecified atom stereocenters. The van der Waals surface area contributed by atoms with Gasteiger partial charge < -0.3 is 9.47 Å². The monoisotopic (exact) mass is 764 g/mol. The van der Waals surface area contributed by atoms with Gasteiger partial charge in [-0.05, 0) is 104 Å². The lowest BCUT2D eigenvalue weighted by Crippen LogP contribution is -2.11. The highest BCUT2D eigenvalue weighted by molar-refractivity contribution is 6.09. The molecule has 11 rings (SSSR count). The summed E-state index contributed by atoms with van der Waals surface area (Å²) in [6.07, 6.45) is 0. The maximum absolute atomic E-state index is 2.41. The molecule has 0 bridgehead atoms. The third-order valence-electron chi connectivity index (χ3n) is 11.8. The van der Waals surface area contributed by atoms with Crippen molar-refractivity contribution >= 4 is 49.6 Å². The molecule has 1 aromatic heterocycles. The van der Waals surface area contributed by atoms with E-state index in [0.29, 0.717) is 0 Å². The maximum atomic E-state index is 2.41. The second kappa shape index (κ2) is 15.1. The van der Waals surface area contributed by atoms with E-state index in [1.165, 1.54) is 54.8 Å². The fourth-order valence-corrected chi connectivity index (χ4v) is 8.93. The molecule has 0 atom stereocenters. The number of nitrogens with zero attached hydrogens (tertiary/aromatic N) is 2. The summed E-state index contributed by atoms with van der Waals surface area (Å²) in [6.45, 7) is 0. The standard InChI is InChI=1S/C58H40N2/c1-2-15-41(16-3-1)42-31-33-45(34-32-42)53-24-6-9-28-56(53)59(48-37-35-44(36-38-48)52-27-14-18-43-17-4-5-23-51(43)52)49-21-12-19-46(39-49)47-20-13-22-50(40-47)60-57-29-10-7-25-54(57)55-26-8-11-30-58(55)60/h1-40H. The molecule has 0 saturated heterocycles. The summed E-state index contributed by atoms with van der Waals surface area (Å²) in [4.78, 5) is 2.41. The average molecular weight is 765 g/mol. The average Bonchev–Trinajstić information content (AvgIpc) is 3.67. The molecule has 0 radical (unpaired) electrons. The van der Waals surface area contributed by atoms with Crippen molar-refractivity contribution in [2.24, 2.45) is 0 Å². The van der Waals surface area contributed by atoms with Crippen LogP contribution in [0.4, 0.5) is 17.1 Å². The zero-order chi connectivity index (χ0) is 39.8. The number of fused-ring (bicyclic) bond motifs is 4. The zero-order valence-corrected chi connectivity index (χ0v) is 33.0. The second-order valence-corrected chi connectivity index (χ2v) is 15.3. The largest absolute Gasteiger partial charge is 0.310 e. The Bertz CT molecular complexity index is 3240. The lowest BCUT2D eigenvalue weighted by atomic mass is 9.97. The lowest BCUT2D eigenvalue weighted by molar-refractivity contribution is 1.18. The highest BCUT2D eigenvalue weighted by Gasteiger charge is 2.19. The summed E-state index contributed by atoms with van der Waals surface area (Å²) < 4.78 is 2.39. The Morgan fingerprint density at radius 3 is 1.55 bits per heavy atom. The Balaban J connectivity index is 1.04. The molecule has 60 heavy (non-hydrogen) atoms. The summed E-state index contributed by atoms with van der Waals surface area (Å²) in [5.41, 5.74) is 16.3. The first-order chi connectivity index (χ1) is 29.8. The molecule has 0 N–H and O–H groups in total. The van der Waals surface area contributed by atoms with Crippen molar-refractivity contribution in [3.8, 4) is 50.2 Å². The lowest BCUT2D eigenvalue weighted by Gasteiger charge is -2.28. The molecule has 2 heteroatoms. The number of hydrogen-bond donors (Lipinski definition) is 0. The van der Waals surface area contributed by atoms with E-state index < -0.39 is 0 Å². The van der Waals surface area contributed by atoms with Gasteiger partial charge in [0.15, 0.2) is 0 Å². The first-order valence-corrected chi connectivity index (χ1v) is 20.6. The molecular weight excluding hydrogens is 725 g/mol. The molecule has 0 fully saturated rings. The quantitative estimate of drug-likeness (QED) is 0.150. The van der Waals surface area contributed by atoms with E-state index in [0.717, 1.165) is 45.0 Å². The van der Waals surface area contributed by atoms with Gasteiger partial charge in [0.05, 0.1) is 16.7 Å². The Morgan fingerprint density at radius 1 is 0.283 bits per heavy atom. The molecule has 11 aromatic rings. The smallest absolute Gasteiger partial charge is 0.0541 e. The Labute approximate surface area is 350 Å². The van der Waals surface area contributed by atoms with E-state index in [-0.39, 0.29) is 0 Å². The summed E-state index contributed by atoms with van der Waals surface area (Å²) in [7, 11) is 0. The molecule has 0 saturated carbocycles. The van der Waals surface area contributed by atoms with Crippen LogP contribution in [-0.4, -0.2) is 4.57 Å². The SMILES string of the molecule is c1ccc(-c2ccc(-c3ccccc3N(c3ccc(-c4cccc5ccccc45)cc3)c3cccc(-c4cccc(-n5c6ccccc6c6ccccc65)c4)c3)cc2)cc1. The predicted molar refractivity (Wildman–Crippen MR) is 255 cm³/mol. The molecular formula is C58H40N2. The van der Waals surface area contributed by atoms with Crippen molar-refractivity contribution in [1.82, 2.24) is 4.57 Å². The minimum absolute atomic E-state index is 1.08. The van der Waals surface area contributed by atoms with Gasteiger partial charge in [0, 0.05) is 33.4 Å². The number of anilines is 3. The molecule has 282 valence electrons. The third kappa shape index (κ3) is 6.32. The first-order valence-electron chi connectivity index (χ1n) is 20.6. The number of benzene rings is 10. The van der Waals surface area contributed by atoms with Gasteiger partial charge in [0.25, 0.3) is 0 Å². The van der Waals surface area contributed by atoms with Crippen molar-refractivity contribution in [3.05, 3.63) is 243 Å². The normalized spacial score (nSPS) is 11.3. The minimum Gasteiger partial charge on any atom is -0.310 e. The van der Waals surface area contributed by atoms with Crippen LogP contribution >= 0.6 is 0 Å². The molecule has 10 aromatic carbocycles. The Hall–Kier alpha value is -7.94. The number of para-hydroxylation sites is 3. The van der Waals surface area contributed by atoms with E-state index in [4.69, 9.17) is 0 Å². The van der Waals surface area contributed by atoms with Crippen LogP contribution < -0.4 is 4.90 Å². The van der Waals surface area contributed by atoms with E-state index in [1.807, 2.05) is 0 Å². The second-order valence-electron chi connectivity index (χ2n) is 15.3. The van der Waals surface area contributed by atoms with Crippen LogP contribution in [0.15, 0.2) is 243 Å². The molecule has 2 nitrogen and oxygen atoms in total. The van der Waals surface area contributed by atoms with Crippen LogP contribution in [0.25, 0.3) is 82.8 Å². The molecule has 1 heterocycles. The topological polar surface area (TPSA) is 8.17 Å². The van der Waals surface area contributed by atoms with Crippen LogP contribution in [0, 0.1) is 0 Å². The number of rotatable bonds is 8. The number of hydrogen-bond acceptors (Lipinski definition) is 1. The van der Waals surface area contributed by atoms with E-state index in [1.54, 1.807) is 0 Å². The molecule has 0 aliphatic heterocycles. The summed E-state index contributed by atoms with van der Waals surface area (Å²) in [5.74, 6) is 0. The van der Waals surface area contributed by atoms with Crippen molar-refractivity contribution in [2.45, 2.75) is 0 Å².